The monoisotopic (exact) mass is 339 g/mol. The second-order valence-corrected chi connectivity index (χ2v) is 4.61. The first-order chi connectivity index (χ1) is 9.61. The molecule has 0 fully saturated rings. The topological polar surface area (TPSA) is 116 Å². The molecule has 1 aromatic carbocycles. The van der Waals surface area contributed by atoms with Gasteiger partial charge < -0.3 is 10.2 Å². The first-order valence-electron chi connectivity index (χ1n) is 5.45. The fraction of sp³-hybridized carbons (Fsp3) is 0.0909. The normalized spacial score (nSPS) is 10.1. The van der Waals surface area contributed by atoms with Crippen LogP contribution < -0.4 is 16.0 Å². The van der Waals surface area contributed by atoms with Crippen molar-refractivity contribution in [2.75, 3.05) is 5.43 Å². The number of benzene rings is 1. The molecule has 0 amide bonds. The molecule has 1 heterocycles. The van der Waals surface area contributed by atoms with Gasteiger partial charge in [-0.2, -0.15) is 4.98 Å². The minimum absolute atomic E-state index is 0.101. The molecule has 104 valence electrons. The Morgan fingerprint density at radius 1 is 1.35 bits per heavy atom. The summed E-state index contributed by atoms with van der Waals surface area (Å²) in [7, 11) is 0. The zero-order valence-corrected chi connectivity index (χ0v) is 11.7. The lowest BCUT2D eigenvalue weighted by molar-refractivity contribution is -0.385. The van der Waals surface area contributed by atoms with Crippen LogP contribution in [0.5, 0.6) is 5.88 Å². The second kappa shape index (κ2) is 6.26. The molecule has 0 radical (unpaired) electrons. The fourth-order valence-electron chi connectivity index (χ4n) is 1.47. The third kappa shape index (κ3) is 3.19. The number of nitro groups is 1. The Hall–Kier alpha value is -2.26. The molecule has 0 bridgehead atoms. The Balaban J connectivity index is 2.21. The van der Waals surface area contributed by atoms with Crippen molar-refractivity contribution in [1.82, 2.24) is 9.97 Å². The Morgan fingerprint density at radius 2 is 2.05 bits per heavy atom. The summed E-state index contributed by atoms with van der Waals surface area (Å²) in [5.74, 6) is 4.94. The number of aromatic nitrogens is 2. The van der Waals surface area contributed by atoms with Gasteiger partial charge in [0.05, 0.1) is 4.92 Å². The molecule has 0 atom stereocenters. The fourth-order valence-corrected chi connectivity index (χ4v) is 1.74. The molecular weight excluding hydrogens is 330 g/mol. The van der Waals surface area contributed by atoms with Crippen molar-refractivity contribution in [3.63, 3.8) is 0 Å². The van der Waals surface area contributed by atoms with E-state index in [0.717, 1.165) is 16.4 Å². The van der Waals surface area contributed by atoms with Crippen LogP contribution >= 0.6 is 15.9 Å². The SMILES string of the molecule is NNc1ncnc(OCc2ccc(Br)cc2)c1[N+](=O)[O-]. The highest BCUT2D eigenvalue weighted by atomic mass is 79.9. The number of nitrogens with one attached hydrogen (secondary N) is 1. The molecule has 0 spiro atoms. The Kier molecular flexibility index (Phi) is 4.43. The van der Waals surface area contributed by atoms with Crippen LogP contribution in [-0.4, -0.2) is 14.9 Å². The maximum atomic E-state index is 11.0. The second-order valence-electron chi connectivity index (χ2n) is 3.69. The number of hydrazine groups is 1. The van der Waals surface area contributed by atoms with Gasteiger partial charge in [-0.1, -0.05) is 28.1 Å². The van der Waals surface area contributed by atoms with E-state index in [1.165, 1.54) is 0 Å². The maximum absolute atomic E-state index is 11.0. The summed E-state index contributed by atoms with van der Waals surface area (Å²) in [6.07, 6.45) is 1.14. The van der Waals surface area contributed by atoms with E-state index in [4.69, 9.17) is 10.6 Å². The quantitative estimate of drug-likeness (QED) is 0.486. The third-order valence-corrected chi connectivity index (χ3v) is 2.93. The highest BCUT2D eigenvalue weighted by molar-refractivity contribution is 9.10. The van der Waals surface area contributed by atoms with E-state index in [2.05, 4.69) is 31.3 Å². The molecule has 0 saturated carbocycles. The molecule has 0 aliphatic heterocycles. The molecule has 0 aliphatic carbocycles. The molecule has 8 nitrogen and oxygen atoms in total. The number of anilines is 1. The molecule has 2 rings (SSSR count). The highest BCUT2D eigenvalue weighted by Crippen LogP contribution is 2.30. The number of halogens is 1. The molecule has 3 N–H and O–H groups in total. The van der Waals surface area contributed by atoms with Crippen LogP contribution in [0.1, 0.15) is 5.56 Å². The van der Waals surface area contributed by atoms with Gasteiger partial charge in [-0.3, -0.25) is 10.1 Å². The van der Waals surface area contributed by atoms with Gasteiger partial charge in [0.1, 0.15) is 12.9 Å². The van der Waals surface area contributed by atoms with E-state index in [9.17, 15) is 10.1 Å². The molecule has 0 saturated heterocycles. The highest BCUT2D eigenvalue weighted by Gasteiger charge is 2.23. The molecular formula is C11H10BrN5O3. The minimum Gasteiger partial charge on any atom is -0.468 e. The lowest BCUT2D eigenvalue weighted by atomic mass is 10.2. The summed E-state index contributed by atoms with van der Waals surface area (Å²) in [6.45, 7) is 0.148. The van der Waals surface area contributed by atoms with Crippen LogP contribution in [0, 0.1) is 10.1 Å². The van der Waals surface area contributed by atoms with Crippen LogP contribution in [-0.2, 0) is 6.61 Å². The smallest absolute Gasteiger partial charge is 0.374 e. The molecule has 0 unspecified atom stereocenters. The summed E-state index contributed by atoms with van der Waals surface area (Å²) in [4.78, 5) is 17.8. The van der Waals surface area contributed by atoms with Gasteiger partial charge >= 0.3 is 5.69 Å². The van der Waals surface area contributed by atoms with Crippen LogP contribution in [0.4, 0.5) is 11.5 Å². The van der Waals surface area contributed by atoms with E-state index < -0.39 is 10.6 Å². The number of hydrogen-bond donors (Lipinski definition) is 2. The molecule has 9 heteroatoms. The summed E-state index contributed by atoms with van der Waals surface area (Å²) in [5, 5.41) is 11.0. The van der Waals surface area contributed by atoms with Gasteiger partial charge in [-0.15, -0.1) is 0 Å². The van der Waals surface area contributed by atoms with E-state index >= 15 is 0 Å². The summed E-state index contributed by atoms with van der Waals surface area (Å²) >= 11 is 3.32. The minimum atomic E-state index is -0.647. The number of hydrogen-bond acceptors (Lipinski definition) is 7. The zero-order valence-electron chi connectivity index (χ0n) is 10.1. The molecule has 1 aromatic heterocycles. The van der Waals surface area contributed by atoms with Gasteiger partial charge in [-0.05, 0) is 17.7 Å². The van der Waals surface area contributed by atoms with Crippen molar-refractivity contribution in [3.8, 4) is 5.88 Å². The van der Waals surface area contributed by atoms with E-state index in [-0.39, 0.29) is 18.3 Å². The third-order valence-electron chi connectivity index (χ3n) is 2.40. The van der Waals surface area contributed by atoms with Crippen molar-refractivity contribution in [2.24, 2.45) is 5.84 Å². The predicted molar refractivity (Wildman–Crippen MR) is 75.0 cm³/mol. The van der Waals surface area contributed by atoms with Gasteiger partial charge in [0, 0.05) is 4.47 Å². The predicted octanol–water partition coefficient (Wildman–Crippen LogP) is 2.01. The summed E-state index contributed by atoms with van der Waals surface area (Å²) < 4.78 is 6.30. The Bertz CT molecular complexity index is 620. The van der Waals surface area contributed by atoms with Gasteiger partial charge in [-0.25, -0.2) is 10.8 Å². The first-order valence-corrected chi connectivity index (χ1v) is 6.24. The van der Waals surface area contributed by atoms with Gasteiger partial charge in [0.2, 0.25) is 5.82 Å². The van der Waals surface area contributed by atoms with Crippen LogP contribution in [0.25, 0.3) is 0 Å². The molecule has 2 aromatic rings. The van der Waals surface area contributed by atoms with Gasteiger partial charge in [0.15, 0.2) is 0 Å². The van der Waals surface area contributed by atoms with E-state index in [1.807, 2.05) is 24.3 Å². The number of ether oxygens (including phenoxy) is 1. The van der Waals surface area contributed by atoms with Crippen molar-refractivity contribution in [2.45, 2.75) is 6.61 Å². The Labute approximate surface area is 122 Å². The largest absolute Gasteiger partial charge is 0.468 e. The summed E-state index contributed by atoms with van der Waals surface area (Å²) in [5.41, 5.74) is 2.60. The molecule has 0 aliphatic rings. The van der Waals surface area contributed by atoms with Crippen LogP contribution in [0.2, 0.25) is 0 Å². The number of rotatable bonds is 5. The lowest BCUT2D eigenvalue weighted by Crippen LogP contribution is -2.12. The van der Waals surface area contributed by atoms with E-state index in [1.54, 1.807) is 0 Å². The number of nitrogens with two attached hydrogens (primary N) is 1. The maximum Gasteiger partial charge on any atom is 0.374 e. The standard InChI is InChI=1S/C11H10BrN5O3/c12-8-3-1-7(2-4-8)5-20-11-9(17(18)19)10(16-13)14-6-15-11/h1-4,6H,5,13H2,(H,14,15,16). The summed E-state index contributed by atoms with van der Waals surface area (Å²) in [6, 6.07) is 7.36. The van der Waals surface area contributed by atoms with E-state index in [0.29, 0.717) is 0 Å². The lowest BCUT2D eigenvalue weighted by Gasteiger charge is -2.07. The van der Waals surface area contributed by atoms with Crippen molar-refractivity contribution in [1.29, 1.82) is 0 Å². The average molecular weight is 340 g/mol. The van der Waals surface area contributed by atoms with Crippen molar-refractivity contribution < 1.29 is 9.66 Å². The first kappa shape index (κ1) is 14.2. The van der Waals surface area contributed by atoms with Crippen LogP contribution in [0.3, 0.4) is 0 Å². The van der Waals surface area contributed by atoms with Crippen LogP contribution in [0.15, 0.2) is 35.1 Å². The van der Waals surface area contributed by atoms with Crippen molar-refractivity contribution >= 4 is 27.4 Å². The Morgan fingerprint density at radius 3 is 2.65 bits per heavy atom. The number of nitrogen functional groups attached to an aromatic ring is 1. The molecule has 20 heavy (non-hydrogen) atoms. The number of nitrogens with zero attached hydrogens (tertiary/aromatic N) is 3. The average Bonchev–Trinajstić information content (AvgIpc) is 2.46. The zero-order chi connectivity index (χ0) is 14.5. The van der Waals surface area contributed by atoms with Gasteiger partial charge in [0.25, 0.3) is 5.88 Å². The van der Waals surface area contributed by atoms with Crippen molar-refractivity contribution in [3.05, 3.63) is 50.7 Å².